The third kappa shape index (κ3) is 3.81. The van der Waals surface area contributed by atoms with Gasteiger partial charge in [-0.3, -0.25) is 0 Å². The second-order valence-electron chi connectivity index (χ2n) is 4.98. The molecule has 126 valence electrons. The highest BCUT2D eigenvalue weighted by Gasteiger charge is 2.11. The summed E-state index contributed by atoms with van der Waals surface area (Å²) < 4.78 is 14.0. The Balaban J connectivity index is 1.94. The van der Waals surface area contributed by atoms with E-state index in [1.54, 1.807) is 18.2 Å². The molecule has 5 N–H and O–H groups in total. The lowest BCUT2D eigenvalue weighted by atomic mass is 10.2. The first-order chi connectivity index (χ1) is 12.1. The summed E-state index contributed by atoms with van der Waals surface area (Å²) in [6.45, 7) is 0. The van der Waals surface area contributed by atoms with Crippen LogP contribution in [0.15, 0.2) is 42.9 Å². The highest BCUT2D eigenvalue weighted by atomic mass is 35.5. The lowest BCUT2D eigenvalue weighted by molar-refractivity contribution is 0.632. The van der Waals surface area contributed by atoms with Crippen molar-refractivity contribution >= 4 is 46.6 Å². The Bertz CT molecular complexity index is 912. The van der Waals surface area contributed by atoms with E-state index < -0.39 is 5.82 Å². The number of hydrogen-bond acceptors (Lipinski definition) is 7. The van der Waals surface area contributed by atoms with E-state index in [1.807, 2.05) is 0 Å². The maximum atomic E-state index is 14.0. The van der Waals surface area contributed by atoms with Crippen molar-refractivity contribution in [2.75, 3.05) is 16.4 Å². The van der Waals surface area contributed by atoms with Crippen molar-refractivity contribution in [3.05, 3.63) is 59.3 Å². The van der Waals surface area contributed by atoms with E-state index in [0.29, 0.717) is 28.7 Å². The first kappa shape index (κ1) is 16.6. The van der Waals surface area contributed by atoms with Crippen LogP contribution in [0.1, 0.15) is 5.56 Å². The standard InChI is InChI=1S/C16H13ClFN7/c17-10-2-1-3-11(18)16(10)24-12-4-14(21-7-9(12)6-19)25-15-5-13(20)22-8-23-15/h1-8,19H,(H4,20,21,22,23,24,25). The van der Waals surface area contributed by atoms with Crippen LogP contribution in [0.4, 0.5) is 33.2 Å². The molecule has 25 heavy (non-hydrogen) atoms. The average Bonchev–Trinajstić information content (AvgIpc) is 2.58. The zero-order valence-corrected chi connectivity index (χ0v) is 13.5. The Morgan fingerprint density at radius 2 is 1.92 bits per heavy atom. The SMILES string of the molecule is N=Cc1cnc(Nc2cc(N)ncn2)cc1Nc1c(F)cccc1Cl. The highest BCUT2D eigenvalue weighted by molar-refractivity contribution is 6.33. The number of nitrogens with zero attached hydrogens (tertiary/aromatic N) is 3. The Morgan fingerprint density at radius 1 is 1.12 bits per heavy atom. The second kappa shape index (κ2) is 7.10. The topological polar surface area (TPSA) is 113 Å². The van der Waals surface area contributed by atoms with Gasteiger partial charge in [0.05, 0.1) is 16.4 Å². The molecule has 0 spiro atoms. The van der Waals surface area contributed by atoms with Crippen LogP contribution in [0.25, 0.3) is 0 Å². The molecule has 9 heteroatoms. The van der Waals surface area contributed by atoms with Gasteiger partial charge in [0.15, 0.2) is 0 Å². The average molecular weight is 358 g/mol. The van der Waals surface area contributed by atoms with Gasteiger partial charge in [0.1, 0.15) is 29.6 Å². The molecule has 0 atom stereocenters. The van der Waals surface area contributed by atoms with Gasteiger partial charge >= 0.3 is 0 Å². The largest absolute Gasteiger partial charge is 0.384 e. The minimum atomic E-state index is -0.502. The van der Waals surface area contributed by atoms with Crippen LogP contribution in [0.2, 0.25) is 5.02 Å². The lowest BCUT2D eigenvalue weighted by Crippen LogP contribution is -2.03. The summed E-state index contributed by atoms with van der Waals surface area (Å²) in [4.78, 5) is 12.0. The lowest BCUT2D eigenvalue weighted by Gasteiger charge is -2.13. The molecule has 0 aliphatic heterocycles. The summed E-state index contributed by atoms with van der Waals surface area (Å²) in [5.41, 5.74) is 6.66. The number of aromatic nitrogens is 3. The van der Waals surface area contributed by atoms with Crippen LogP contribution >= 0.6 is 11.6 Å². The molecule has 0 aliphatic rings. The number of nitrogens with one attached hydrogen (secondary N) is 3. The number of para-hydroxylation sites is 1. The minimum Gasteiger partial charge on any atom is -0.384 e. The van der Waals surface area contributed by atoms with E-state index in [-0.39, 0.29) is 10.7 Å². The van der Waals surface area contributed by atoms with E-state index in [4.69, 9.17) is 22.7 Å². The fourth-order valence-electron chi connectivity index (χ4n) is 2.08. The summed E-state index contributed by atoms with van der Waals surface area (Å²) >= 11 is 6.04. The fraction of sp³-hybridized carbons (Fsp3) is 0. The van der Waals surface area contributed by atoms with Crippen molar-refractivity contribution in [3.8, 4) is 0 Å². The molecular formula is C16H13ClFN7. The van der Waals surface area contributed by atoms with Crippen molar-refractivity contribution in [1.29, 1.82) is 5.41 Å². The summed E-state index contributed by atoms with van der Waals surface area (Å²) in [5, 5.41) is 13.6. The normalized spacial score (nSPS) is 10.3. The number of rotatable bonds is 5. The number of nitrogens with two attached hydrogens (primary N) is 1. The maximum absolute atomic E-state index is 14.0. The van der Waals surface area contributed by atoms with E-state index in [9.17, 15) is 4.39 Å². The molecule has 0 saturated carbocycles. The summed E-state index contributed by atoms with van der Waals surface area (Å²) in [6, 6.07) is 7.54. The van der Waals surface area contributed by atoms with Gasteiger partial charge in [-0.1, -0.05) is 17.7 Å². The summed E-state index contributed by atoms with van der Waals surface area (Å²) in [7, 11) is 0. The number of pyridine rings is 1. The smallest absolute Gasteiger partial charge is 0.148 e. The minimum absolute atomic E-state index is 0.121. The van der Waals surface area contributed by atoms with E-state index >= 15 is 0 Å². The molecule has 0 aliphatic carbocycles. The van der Waals surface area contributed by atoms with Gasteiger partial charge in [0.2, 0.25) is 0 Å². The third-order valence-electron chi connectivity index (χ3n) is 3.26. The van der Waals surface area contributed by atoms with Gasteiger partial charge < -0.3 is 21.8 Å². The molecule has 0 amide bonds. The first-order valence-electron chi connectivity index (χ1n) is 7.13. The molecule has 0 bridgehead atoms. The van der Waals surface area contributed by atoms with Gasteiger partial charge in [0.25, 0.3) is 0 Å². The van der Waals surface area contributed by atoms with E-state index in [0.717, 1.165) is 6.21 Å². The third-order valence-corrected chi connectivity index (χ3v) is 3.57. The first-order valence-corrected chi connectivity index (χ1v) is 7.50. The Labute approximate surface area is 147 Å². The van der Waals surface area contributed by atoms with Crippen molar-refractivity contribution in [3.63, 3.8) is 0 Å². The Morgan fingerprint density at radius 3 is 2.64 bits per heavy atom. The van der Waals surface area contributed by atoms with Gasteiger partial charge in [-0.25, -0.2) is 19.3 Å². The van der Waals surface area contributed by atoms with Crippen molar-refractivity contribution in [2.45, 2.75) is 0 Å². The van der Waals surface area contributed by atoms with Crippen LogP contribution in [-0.2, 0) is 0 Å². The maximum Gasteiger partial charge on any atom is 0.148 e. The molecule has 3 aromatic rings. The summed E-state index contributed by atoms with van der Waals surface area (Å²) in [5.74, 6) is 0.694. The van der Waals surface area contributed by atoms with Crippen LogP contribution in [0.5, 0.6) is 0 Å². The molecule has 1 aromatic carbocycles. The van der Waals surface area contributed by atoms with Crippen LogP contribution in [-0.4, -0.2) is 21.2 Å². The van der Waals surface area contributed by atoms with Gasteiger partial charge in [-0.05, 0) is 12.1 Å². The zero-order valence-electron chi connectivity index (χ0n) is 12.8. The van der Waals surface area contributed by atoms with Gasteiger partial charge in [-0.2, -0.15) is 0 Å². The number of anilines is 5. The molecule has 0 radical (unpaired) electrons. The fourth-order valence-corrected chi connectivity index (χ4v) is 2.29. The van der Waals surface area contributed by atoms with Gasteiger partial charge in [-0.15, -0.1) is 0 Å². The highest BCUT2D eigenvalue weighted by Crippen LogP contribution is 2.30. The predicted octanol–water partition coefficient (Wildman–Crippen LogP) is 3.73. The van der Waals surface area contributed by atoms with Crippen LogP contribution in [0.3, 0.4) is 0 Å². The molecule has 7 nitrogen and oxygen atoms in total. The summed E-state index contributed by atoms with van der Waals surface area (Å²) in [6.07, 6.45) is 3.90. The zero-order chi connectivity index (χ0) is 17.8. The van der Waals surface area contributed by atoms with Gasteiger partial charge in [0, 0.05) is 30.1 Å². The number of nitrogen functional groups attached to an aromatic ring is 1. The molecule has 2 heterocycles. The number of halogens is 2. The quantitative estimate of drug-likeness (QED) is 0.517. The second-order valence-corrected chi connectivity index (χ2v) is 5.38. The molecule has 0 saturated heterocycles. The van der Waals surface area contributed by atoms with Crippen LogP contribution in [0, 0.1) is 11.2 Å². The molecule has 0 unspecified atom stereocenters. The van der Waals surface area contributed by atoms with Crippen LogP contribution < -0.4 is 16.4 Å². The van der Waals surface area contributed by atoms with Crippen molar-refractivity contribution in [2.24, 2.45) is 0 Å². The number of benzene rings is 1. The van der Waals surface area contributed by atoms with Crippen molar-refractivity contribution in [1.82, 2.24) is 15.0 Å². The van der Waals surface area contributed by atoms with E-state index in [1.165, 1.54) is 24.7 Å². The molecule has 2 aromatic heterocycles. The number of hydrogen-bond donors (Lipinski definition) is 4. The van der Waals surface area contributed by atoms with Crippen molar-refractivity contribution < 1.29 is 4.39 Å². The Kier molecular flexibility index (Phi) is 4.71. The molecule has 0 fully saturated rings. The molecule has 3 rings (SSSR count). The monoisotopic (exact) mass is 357 g/mol. The Hall–Kier alpha value is -3.26. The predicted molar refractivity (Wildman–Crippen MR) is 96.5 cm³/mol. The van der Waals surface area contributed by atoms with E-state index in [2.05, 4.69) is 25.6 Å². The molecular weight excluding hydrogens is 345 g/mol.